The second kappa shape index (κ2) is 6.52. The summed E-state index contributed by atoms with van der Waals surface area (Å²) in [6.07, 6.45) is 0. The Morgan fingerprint density at radius 3 is 2.41 bits per heavy atom. The van der Waals surface area contributed by atoms with Gasteiger partial charge >= 0.3 is 0 Å². The van der Waals surface area contributed by atoms with Crippen LogP contribution in [0.5, 0.6) is 0 Å². The third-order valence-corrected chi connectivity index (χ3v) is 2.01. The van der Waals surface area contributed by atoms with Crippen molar-refractivity contribution in [3.8, 4) is 0 Å². The van der Waals surface area contributed by atoms with Gasteiger partial charge < -0.3 is 16.0 Å². The summed E-state index contributed by atoms with van der Waals surface area (Å²) in [5, 5.41) is 8.54. The minimum absolute atomic E-state index is 0.0428. The van der Waals surface area contributed by atoms with E-state index in [-0.39, 0.29) is 11.8 Å². The van der Waals surface area contributed by atoms with Crippen LogP contribution in [0.2, 0.25) is 0 Å². The fraction of sp³-hybridized carbons (Fsp3) is 0.333. The van der Waals surface area contributed by atoms with Crippen LogP contribution >= 0.6 is 0 Å². The smallest absolute Gasteiger partial charge is 0.221 e. The van der Waals surface area contributed by atoms with Crippen molar-refractivity contribution in [2.45, 2.75) is 13.8 Å². The average molecular weight is 235 g/mol. The molecule has 0 atom stereocenters. The molecule has 0 aliphatic carbocycles. The van der Waals surface area contributed by atoms with E-state index in [9.17, 15) is 9.59 Å². The second-order valence-electron chi connectivity index (χ2n) is 3.67. The summed E-state index contributed by atoms with van der Waals surface area (Å²) >= 11 is 0. The van der Waals surface area contributed by atoms with Crippen LogP contribution in [-0.2, 0) is 9.59 Å². The summed E-state index contributed by atoms with van der Waals surface area (Å²) < 4.78 is 0. The van der Waals surface area contributed by atoms with Gasteiger partial charge in [0, 0.05) is 38.3 Å². The minimum Gasteiger partial charge on any atom is -0.383 e. The van der Waals surface area contributed by atoms with Crippen molar-refractivity contribution in [1.82, 2.24) is 5.32 Å². The number of carbonyl (C=O) groups is 2. The summed E-state index contributed by atoms with van der Waals surface area (Å²) in [7, 11) is 0. The fourth-order valence-electron chi connectivity index (χ4n) is 1.36. The molecule has 0 radical (unpaired) electrons. The van der Waals surface area contributed by atoms with Crippen molar-refractivity contribution in [1.29, 1.82) is 0 Å². The van der Waals surface area contributed by atoms with Crippen LogP contribution in [0.1, 0.15) is 13.8 Å². The molecular weight excluding hydrogens is 218 g/mol. The van der Waals surface area contributed by atoms with Crippen molar-refractivity contribution >= 4 is 23.2 Å². The van der Waals surface area contributed by atoms with Crippen molar-refractivity contribution in [2.24, 2.45) is 0 Å². The van der Waals surface area contributed by atoms with E-state index in [1.807, 2.05) is 24.3 Å². The van der Waals surface area contributed by atoms with Gasteiger partial charge in [0.25, 0.3) is 0 Å². The fourth-order valence-corrected chi connectivity index (χ4v) is 1.36. The number of benzene rings is 1. The number of nitrogens with one attached hydrogen (secondary N) is 3. The molecule has 1 aromatic rings. The summed E-state index contributed by atoms with van der Waals surface area (Å²) in [5.41, 5.74) is 1.66. The lowest BCUT2D eigenvalue weighted by Gasteiger charge is -2.08. The van der Waals surface area contributed by atoms with Crippen molar-refractivity contribution in [2.75, 3.05) is 23.7 Å². The van der Waals surface area contributed by atoms with Crippen molar-refractivity contribution < 1.29 is 9.59 Å². The highest BCUT2D eigenvalue weighted by molar-refractivity contribution is 5.89. The number of carbonyl (C=O) groups excluding carboxylic acids is 2. The molecule has 1 rings (SSSR count). The van der Waals surface area contributed by atoms with Crippen LogP contribution in [0.3, 0.4) is 0 Å². The third-order valence-electron chi connectivity index (χ3n) is 2.01. The molecule has 3 N–H and O–H groups in total. The predicted octanol–water partition coefficient (Wildman–Crippen LogP) is 1.19. The second-order valence-corrected chi connectivity index (χ2v) is 3.67. The Balaban J connectivity index is 2.42. The van der Waals surface area contributed by atoms with E-state index in [1.54, 1.807) is 0 Å². The molecule has 0 aromatic heterocycles. The summed E-state index contributed by atoms with van der Waals surface area (Å²) in [4.78, 5) is 21.5. The Hall–Kier alpha value is -2.04. The summed E-state index contributed by atoms with van der Waals surface area (Å²) in [6, 6.07) is 7.42. The molecule has 0 heterocycles. The van der Waals surface area contributed by atoms with Gasteiger partial charge in [-0.25, -0.2) is 0 Å². The monoisotopic (exact) mass is 235 g/mol. The maximum atomic E-state index is 10.9. The molecule has 0 aliphatic heterocycles. The highest BCUT2D eigenvalue weighted by atomic mass is 16.2. The molecule has 92 valence electrons. The van der Waals surface area contributed by atoms with Crippen molar-refractivity contribution in [3.63, 3.8) is 0 Å². The predicted molar refractivity (Wildman–Crippen MR) is 67.9 cm³/mol. The van der Waals surface area contributed by atoms with Crippen LogP contribution < -0.4 is 16.0 Å². The molecule has 0 fully saturated rings. The van der Waals surface area contributed by atoms with Crippen LogP contribution in [-0.4, -0.2) is 24.9 Å². The Kier molecular flexibility index (Phi) is 5.00. The number of rotatable bonds is 5. The van der Waals surface area contributed by atoms with Crippen LogP contribution in [0, 0.1) is 0 Å². The van der Waals surface area contributed by atoms with Crippen LogP contribution in [0.4, 0.5) is 11.4 Å². The van der Waals surface area contributed by atoms with Gasteiger partial charge in [-0.2, -0.15) is 0 Å². The molecule has 0 aliphatic rings. The van der Waals surface area contributed by atoms with E-state index in [2.05, 4.69) is 16.0 Å². The molecule has 5 heteroatoms. The highest BCUT2D eigenvalue weighted by Crippen LogP contribution is 2.14. The molecule has 0 bridgehead atoms. The molecule has 0 unspecified atom stereocenters. The largest absolute Gasteiger partial charge is 0.383 e. The number of hydrogen-bond donors (Lipinski definition) is 3. The van der Waals surface area contributed by atoms with E-state index in [0.717, 1.165) is 11.4 Å². The summed E-state index contributed by atoms with van der Waals surface area (Å²) in [6.45, 7) is 4.16. The standard InChI is InChI=1S/C12H17N3O2/c1-9(16)13-6-7-14-11-4-3-5-12(8-11)15-10(2)17/h3-5,8,14H,6-7H2,1-2H3,(H,13,16)(H,15,17). The summed E-state index contributed by atoms with van der Waals surface area (Å²) in [5.74, 6) is -0.140. The lowest BCUT2D eigenvalue weighted by molar-refractivity contribution is -0.119. The quantitative estimate of drug-likeness (QED) is 0.671. The lowest BCUT2D eigenvalue weighted by Crippen LogP contribution is -2.26. The van der Waals surface area contributed by atoms with E-state index >= 15 is 0 Å². The Labute approximate surface area is 101 Å². The zero-order chi connectivity index (χ0) is 12.7. The van der Waals surface area contributed by atoms with Crippen LogP contribution in [0.15, 0.2) is 24.3 Å². The maximum absolute atomic E-state index is 10.9. The first-order chi connectivity index (χ1) is 8.08. The van der Waals surface area contributed by atoms with E-state index in [0.29, 0.717) is 13.1 Å². The van der Waals surface area contributed by atoms with Gasteiger partial charge in [-0.1, -0.05) is 6.07 Å². The molecule has 0 spiro atoms. The first-order valence-corrected chi connectivity index (χ1v) is 5.44. The van der Waals surface area contributed by atoms with Gasteiger partial charge in [-0.15, -0.1) is 0 Å². The molecule has 2 amide bonds. The molecule has 5 nitrogen and oxygen atoms in total. The zero-order valence-electron chi connectivity index (χ0n) is 10.0. The molecule has 17 heavy (non-hydrogen) atoms. The van der Waals surface area contributed by atoms with Gasteiger partial charge in [0.1, 0.15) is 0 Å². The van der Waals surface area contributed by atoms with Crippen molar-refractivity contribution in [3.05, 3.63) is 24.3 Å². The first-order valence-electron chi connectivity index (χ1n) is 5.44. The van der Waals surface area contributed by atoms with E-state index in [1.165, 1.54) is 13.8 Å². The highest BCUT2D eigenvalue weighted by Gasteiger charge is 1.97. The average Bonchev–Trinajstić information content (AvgIpc) is 2.24. The maximum Gasteiger partial charge on any atom is 0.221 e. The Bertz CT molecular complexity index is 404. The van der Waals surface area contributed by atoms with Gasteiger partial charge in [-0.3, -0.25) is 9.59 Å². The van der Waals surface area contributed by atoms with Crippen LogP contribution in [0.25, 0.3) is 0 Å². The molecule has 0 saturated carbocycles. The third kappa shape index (κ3) is 5.55. The zero-order valence-corrected chi connectivity index (χ0v) is 10.0. The first kappa shape index (κ1) is 13.0. The van der Waals surface area contributed by atoms with Gasteiger partial charge in [0.15, 0.2) is 0 Å². The van der Waals surface area contributed by atoms with Gasteiger partial charge in [0.05, 0.1) is 0 Å². The Morgan fingerprint density at radius 2 is 1.76 bits per heavy atom. The molecule has 0 saturated heterocycles. The van der Waals surface area contributed by atoms with E-state index < -0.39 is 0 Å². The number of anilines is 2. The molecule has 1 aromatic carbocycles. The SMILES string of the molecule is CC(=O)NCCNc1cccc(NC(C)=O)c1. The normalized spacial score (nSPS) is 9.53. The molecular formula is C12H17N3O2. The number of hydrogen-bond acceptors (Lipinski definition) is 3. The lowest BCUT2D eigenvalue weighted by atomic mass is 10.2. The van der Waals surface area contributed by atoms with Gasteiger partial charge in [-0.05, 0) is 18.2 Å². The Morgan fingerprint density at radius 1 is 1.06 bits per heavy atom. The topological polar surface area (TPSA) is 70.2 Å². The van der Waals surface area contributed by atoms with E-state index in [4.69, 9.17) is 0 Å². The van der Waals surface area contributed by atoms with Gasteiger partial charge in [0.2, 0.25) is 11.8 Å². The minimum atomic E-state index is -0.0969. The number of amides is 2.